The van der Waals surface area contributed by atoms with E-state index in [1.165, 1.54) is 12.8 Å². The van der Waals surface area contributed by atoms with Gasteiger partial charge >= 0.3 is 0 Å². The minimum Gasteiger partial charge on any atom is -0.381 e. The Morgan fingerprint density at radius 3 is 2.67 bits per heavy atom. The zero-order chi connectivity index (χ0) is 8.65. The molecule has 0 aromatic rings. The third-order valence-corrected chi connectivity index (χ3v) is 2.21. The Bertz CT molecular complexity index is 146. The zero-order valence-electron chi connectivity index (χ0n) is 7.37. The minimum atomic E-state index is 0.559. The van der Waals surface area contributed by atoms with Gasteiger partial charge in [0.2, 0.25) is 0 Å². The van der Waals surface area contributed by atoms with Gasteiger partial charge in [0.15, 0.2) is 0 Å². The lowest BCUT2D eigenvalue weighted by molar-refractivity contribution is -0.107. The summed E-state index contributed by atoms with van der Waals surface area (Å²) < 4.78 is 5.25. The Morgan fingerprint density at radius 2 is 2.00 bits per heavy atom. The largest absolute Gasteiger partial charge is 0.381 e. The van der Waals surface area contributed by atoms with Crippen molar-refractivity contribution < 1.29 is 9.53 Å². The molecule has 0 spiro atoms. The normalized spacial score (nSPS) is 20.0. The molecule has 12 heavy (non-hydrogen) atoms. The molecule has 1 saturated heterocycles. The van der Waals surface area contributed by atoms with Crippen LogP contribution in [-0.2, 0) is 9.53 Å². The van der Waals surface area contributed by atoms with E-state index >= 15 is 0 Å². The van der Waals surface area contributed by atoms with E-state index in [-0.39, 0.29) is 0 Å². The van der Waals surface area contributed by atoms with Gasteiger partial charge in [-0.1, -0.05) is 12.2 Å². The van der Waals surface area contributed by atoms with E-state index in [2.05, 4.69) is 6.08 Å². The molecule has 1 rings (SSSR count). The van der Waals surface area contributed by atoms with Crippen molar-refractivity contribution in [1.29, 1.82) is 0 Å². The van der Waals surface area contributed by atoms with Crippen molar-refractivity contribution >= 4 is 6.29 Å². The molecular weight excluding hydrogens is 152 g/mol. The van der Waals surface area contributed by atoms with Crippen LogP contribution < -0.4 is 0 Å². The van der Waals surface area contributed by atoms with Crippen molar-refractivity contribution in [3.05, 3.63) is 12.2 Å². The topological polar surface area (TPSA) is 26.3 Å². The molecule has 0 radical (unpaired) electrons. The number of allylic oxidation sites excluding steroid dienone is 2. The van der Waals surface area contributed by atoms with E-state index in [4.69, 9.17) is 4.74 Å². The van der Waals surface area contributed by atoms with E-state index in [9.17, 15) is 4.79 Å². The highest BCUT2D eigenvalue weighted by atomic mass is 16.5. The Kier molecular flexibility index (Phi) is 4.69. The predicted octanol–water partition coefficient (Wildman–Crippen LogP) is 1.95. The maximum atomic E-state index is 9.98. The Balaban J connectivity index is 2.08. The molecule has 0 aromatic carbocycles. The molecule has 68 valence electrons. The van der Waals surface area contributed by atoms with Gasteiger partial charge < -0.3 is 9.53 Å². The number of carbonyl (C=O) groups is 1. The van der Waals surface area contributed by atoms with Gasteiger partial charge in [-0.15, -0.1) is 0 Å². The summed E-state index contributed by atoms with van der Waals surface area (Å²) in [6.45, 7) is 1.82. The molecule has 2 nitrogen and oxygen atoms in total. The Morgan fingerprint density at radius 1 is 1.25 bits per heavy atom. The first-order valence-corrected chi connectivity index (χ1v) is 4.60. The number of carbonyl (C=O) groups excluding carboxylic acids is 1. The van der Waals surface area contributed by atoms with Gasteiger partial charge in [-0.3, -0.25) is 0 Å². The lowest BCUT2D eigenvalue weighted by Gasteiger charge is -2.20. The van der Waals surface area contributed by atoms with Gasteiger partial charge in [0.25, 0.3) is 0 Å². The fourth-order valence-electron chi connectivity index (χ4n) is 1.42. The fourth-order valence-corrected chi connectivity index (χ4v) is 1.42. The van der Waals surface area contributed by atoms with Gasteiger partial charge in [-0.25, -0.2) is 0 Å². The Labute approximate surface area is 73.6 Å². The summed E-state index contributed by atoms with van der Waals surface area (Å²) in [5.74, 6) is 0.779. The lowest BCUT2D eigenvalue weighted by atomic mass is 9.96. The van der Waals surface area contributed by atoms with Crippen molar-refractivity contribution in [2.75, 3.05) is 13.2 Å². The number of rotatable bonds is 4. The van der Waals surface area contributed by atoms with Crippen LogP contribution in [0.1, 0.15) is 25.7 Å². The van der Waals surface area contributed by atoms with Crippen LogP contribution >= 0.6 is 0 Å². The van der Waals surface area contributed by atoms with Crippen LogP contribution in [0.2, 0.25) is 0 Å². The van der Waals surface area contributed by atoms with E-state index in [0.717, 1.165) is 31.8 Å². The summed E-state index contributed by atoms with van der Waals surface area (Å²) in [6.07, 6.45) is 9.00. The molecule has 0 unspecified atom stereocenters. The molecule has 2 heteroatoms. The van der Waals surface area contributed by atoms with Crippen molar-refractivity contribution in [3.8, 4) is 0 Å². The van der Waals surface area contributed by atoms with Gasteiger partial charge in [0, 0.05) is 19.6 Å². The lowest BCUT2D eigenvalue weighted by Crippen LogP contribution is -2.14. The summed E-state index contributed by atoms with van der Waals surface area (Å²) in [5, 5.41) is 0. The third-order valence-electron chi connectivity index (χ3n) is 2.21. The van der Waals surface area contributed by atoms with Gasteiger partial charge in [-0.05, 0) is 25.2 Å². The second-order valence-electron chi connectivity index (χ2n) is 3.17. The van der Waals surface area contributed by atoms with Crippen molar-refractivity contribution in [2.24, 2.45) is 5.92 Å². The first-order valence-electron chi connectivity index (χ1n) is 4.60. The molecule has 0 aliphatic carbocycles. The second-order valence-corrected chi connectivity index (χ2v) is 3.17. The molecule has 0 bridgehead atoms. The summed E-state index contributed by atoms with van der Waals surface area (Å²) in [6, 6.07) is 0. The van der Waals surface area contributed by atoms with Crippen LogP contribution in [-0.4, -0.2) is 19.5 Å². The standard InChI is InChI=1S/C10H16O2/c11-7-3-1-2-4-10-5-8-12-9-6-10/h1-2,7,10H,3-6,8-9H2/b2-1-. The van der Waals surface area contributed by atoms with E-state index < -0.39 is 0 Å². The van der Waals surface area contributed by atoms with Crippen LogP contribution in [0.15, 0.2) is 12.2 Å². The highest BCUT2D eigenvalue weighted by Gasteiger charge is 2.11. The first kappa shape index (κ1) is 9.46. The second kappa shape index (κ2) is 5.95. The van der Waals surface area contributed by atoms with Crippen molar-refractivity contribution in [3.63, 3.8) is 0 Å². The average molecular weight is 168 g/mol. The molecule has 0 amide bonds. The van der Waals surface area contributed by atoms with Crippen LogP contribution in [0.25, 0.3) is 0 Å². The molecule has 0 atom stereocenters. The van der Waals surface area contributed by atoms with Gasteiger partial charge in [0.1, 0.15) is 6.29 Å². The summed E-state index contributed by atoms with van der Waals surface area (Å²) in [7, 11) is 0. The van der Waals surface area contributed by atoms with Crippen LogP contribution in [0, 0.1) is 5.92 Å². The summed E-state index contributed by atoms with van der Waals surface area (Å²) in [5.41, 5.74) is 0. The number of aldehydes is 1. The van der Waals surface area contributed by atoms with Gasteiger partial charge in [0.05, 0.1) is 0 Å². The smallest absolute Gasteiger partial charge is 0.123 e. The number of ether oxygens (including phenoxy) is 1. The minimum absolute atomic E-state index is 0.559. The van der Waals surface area contributed by atoms with E-state index in [1.807, 2.05) is 6.08 Å². The Hall–Kier alpha value is -0.630. The molecule has 0 aromatic heterocycles. The number of hydrogen-bond donors (Lipinski definition) is 0. The first-order chi connectivity index (χ1) is 5.93. The summed E-state index contributed by atoms with van der Waals surface area (Å²) in [4.78, 5) is 9.98. The molecule has 1 aliphatic rings. The SMILES string of the molecule is O=CC/C=C\CC1CCOCC1. The zero-order valence-corrected chi connectivity index (χ0v) is 7.37. The maximum absolute atomic E-state index is 9.98. The molecule has 1 heterocycles. The average Bonchev–Trinajstić information content (AvgIpc) is 2.14. The fraction of sp³-hybridized carbons (Fsp3) is 0.700. The van der Waals surface area contributed by atoms with E-state index in [1.54, 1.807) is 0 Å². The van der Waals surface area contributed by atoms with Crippen LogP contribution in [0.5, 0.6) is 0 Å². The highest BCUT2D eigenvalue weighted by molar-refractivity contribution is 5.51. The summed E-state index contributed by atoms with van der Waals surface area (Å²) >= 11 is 0. The maximum Gasteiger partial charge on any atom is 0.123 e. The van der Waals surface area contributed by atoms with Crippen LogP contribution in [0.3, 0.4) is 0 Å². The van der Waals surface area contributed by atoms with Crippen LogP contribution in [0.4, 0.5) is 0 Å². The van der Waals surface area contributed by atoms with E-state index in [0.29, 0.717) is 6.42 Å². The predicted molar refractivity (Wildman–Crippen MR) is 48.0 cm³/mol. The molecular formula is C10H16O2. The molecule has 1 aliphatic heterocycles. The van der Waals surface area contributed by atoms with Gasteiger partial charge in [-0.2, -0.15) is 0 Å². The monoisotopic (exact) mass is 168 g/mol. The third kappa shape index (κ3) is 3.67. The quantitative estimate of drug-likeness (QED) is 0.473. The molecule has 0 saturated carbocycles. The van der Waals surface area contributed by atoms with Crippen molar-refractivity contribution in [1.82, 2.24) is 0 Å². The highest BCUT2D eigenvalue weighted by Crippen LogP contribution is 2.18. The number of hydrogen-bond acceptors (Lipinski definition) is 2. The molecule has 1 fully saturated rings. The van der Waals surface area contributed by atoms with Crippen molar-refractivity contribution in [2.45, 2.75) is 25.7 Å². The molecule has 0 N–H and O–H groups in total.